The van der Waals surface area contributed by atoms with Gasteiger partial charge in [-0.2, -0.15) is 0 Å². The molecule has 2 N–H and O–H groups in total. The molecule has 2 aliphatic rings. The summed E-state index contributed by atoms with van der Waals surface area (Å²) in [5, 5.41) is 5.84. The third-order valence-corrected chi connectivity index (χ3v) is 4.47. The van der Waals surface area contributed by atoms with Crippen molar-refractivity contribution in [1.82, 2.24) is 5.32 Å². The first-order valence-electron chi connectivity index (χ1n) is 8.20. The normalized spacial score (nSPS) is 22.0. The Morgan fingerprint density at radius 2 is 1.95 bits per heavy atom. The van der Waals surface area contributed by atoms with E-state index in [9.17, 15) is 4.79 Å². The Morgan fingerprint density at radius 3 is 2.62 bits per heavy atom. The smallest absolute Gasteiger partial charge is 0.319 e. The monoisotopic (exact) mass is 287 g/mol. The summed E-state index contributed by atoms with van der Waals surface area (Å²) in [6, 6.07) is 9.22. The first-order chi connectivity index (χ1) is 10.3. The van der Waals surface area contributed by atoms with Gasteiger partial charge in [0.15, 0.2) is 0 Å². The predicted molar refractivity (Wildman–Crippen MR) is 86.9 cm³/mol. The Kier molecular flexibility index (Phi) is 4.32. The number of piperidine rings is 1. The molecule has 3 rings (SSSR count). The second-order valence-electron chi connectivity index (χ2n) is 6.17. The highest BCUT2D eigenvalue weighted by Crippen LogP contribution is 2.27. The molecule has 1 aliphatic heterocycles. The summed E-state index contributed by atoms with van der Waals surface area (Å²) in [6.07, 6.45) is 7.33. The minimum Gasteiger partial charge on any atom is -0.369 e. The number of nitrogens with one attached hydrogen (secondary N) is 2. The summed E-state index contributed by atoms with van der Waals surface area (Å²) < 4.78 is 0. The van der Waals surface area contributed by atoms with Gasteiger partial charge in [0, 0.05) is 30.0 Å². The molecular formula is C17H25N3O. The largest absolute Gasteiger partial charge is 0.369 e. The van der Waals surface area contributed by atoms with Crippen LogP contribution in [0.25, 0.3) is 0 Å². The van der Waals surface area contributed by atoms with Gasteiger partial charge >= 0.3 is 6.03 Å². The summed E-state index contributed by atoms with van der Waals surface area (Å²) in [5.41, 5.74) is 2.14. The van der Waals surface area contributed by atoms with E-state index in [1.807, 2.05) is 12.1 Å². The van der Waals surface area contributed by atoms with Crippen molar-refractivity contribution in [2.24, 2.45) is 0 Å². The molecule has 1 heterocycles. The van der Waals surface area contributed by atoms with E-state index in [0.29, 0.717) is 12.1 Å². The predicted octanol–water partition coefficient (Wildman–Crippen LogP) is 3.74. The van der Waals surface area contributed by atoms with E-state index in [1.54, 1.807) is 0 Å². The van der Waals surface area contributed by atoms with Crippen molar-refractivity contribution in [2.45, 2.75) is 57.5 Å². The van der Waals surface area contributed by atoms with Crippen LogP contribution < -0.4 is 15.5 Å². The second kappa shape index (κ2) is 6.37. The summed E-state index contributed by atoms with van der Waals surface area (Å²) >= 11 is 0. The maximum absolute atomic E-state index is 11.7. The summed E-state index contributed by atoms with van der Waals surface area (Å²) in [4.78, 5) is 14.2. The molecule has 1 aromatic carbocycles. The van der Waals surface area contributed by atoms with Crippen LogP contribution in [0.15, 0.2) is 24.3 Å². The zero-order chi connectivity index (χ0) is 14.7. The fourth-order valence-electron chi connectivity index (χ4n) is 3.08. The van der Waals surface area contributed by atoms with Crippen molar-refractivity contribution in [2.75, 3.05) is 16.8 Å². The lowest BCUT2D eigenvalue weighted by atomic mass is 9.99. The van der Waals surface area contributed by atoms with Crippen LogP contribution in [0.5, 0.6) is 0 Å². The maximum Gasteiger partial charge on any atom is 0.319 e. The van der Waals surface area contributed by atoms with Gasteiger partial charge in [-0.3, -0.25) is 0 Å². The molecule has 4 nitrogen and oxygen atoms in total. The summed E-state index contributed by atoms with van der Waals surface area (Å²) in [7, 11) is 0. The molecule has 2 amide bonds. The SMILES string of the molecule is CCC1CCCCN1c1ccc(NC(=O)NC2CC2)cc1. The maximum atomic E-state index is 11.7. The van der Waals surface area contributed by atoms with Gasteiger partial charge in [-0.1, -0.05) is 6.92 Å². The Bertz CT molecular complexity index is 481. The molecule has 1 aliphatic carbocycles. The molecule has 1 aromatic rings. The van der Waals surface area contributed by atoms with Crippen molar-refractivity contribution in [3.8, 4) is 0 Å². The van der Waals surface area contributed by atoms with E-state index < -0.39 is 0 Å². The zero-order valence-corrected chi connectivity index (χ0v) is 12.8. The molecule has 1 unspecified atom stereocenters. The minimum atomic E-state index is -0.0883. The third-order valence-electron chi connectivity index (χ3n) is 4.47. The van der Waals surface area contributed by atoms with E-state index in [2.05, 4.69) is 34.6 Å². The molecule has 1 saturated heterocycles. The van der Waals surface area contributed by atoms with E-state index in [1.165, 1.54) is 31.4 Å². The van der Waals surface area contributed by atoms with Gasteiger partial charge in [0.25, 0.3) is 0 Å². The molecule has 0 aromatic heterocycles. The molecule has 114 valence electrons. The first kappa shape index (κ1) is 14.2. The number of carbonyl (C=O) groups excluding carboxylic acids is 1. The van der Waals surface area contributed by atoms with Crippen LogP contribution >= 0.6 is 0 Å². The molecule has 4 heteroatoms. The van der Waals surface area contributed by atoms with Crippen LogP contribution in [0.2, 0.25) is 0 Å². The van der Waals surface area contributed by atoms with Crippen molar-refractivity contribution >= 4 is 17.4 Å². The molecule has 2 fully saturated rings. The van der Waals surface area contributed by atoms with Crippen LogP contribution in [-0.2, 0) is 0 Å². The number of amides is 2. The number of urea groups is 1. The van der Waals surface area contributed by atoms with Gasteiger partial charge in [0.05, 0.1) is 0 Å². The van der Waals surface area contributed by atoms with Crippen molar-refractivity contribution < 1.29 is 4.79 Å². The molecule has 0 bridgehead atoms. The lowest BCUT2D eigenvalue weighted by Crippen LogP contribution is -2.39. The average molecular weight is 287 g/mol. The highest BCUT2D eigenvalue weighted by atomic mass is 16.2. The van der Waals surface area contributed by atoms with Gasteiger partial charge in [-0.05, 0) is 62.8 Å². The first-order valence-corrected chi connectivity index (χ1v) is 8.20. The van der Waals surface area contributed by atoms with Crippen LogP contribution in [0.3, 0.4) is 0 Å². The number of carbonyl (C=O) groups is 1. The summed E-state index contributed by atoms with van der Waals surface area (Å²) in [5.74, 6) is 0. The van der Waals surface area contributed by atoms with Crippen molar-refractivity contribution in [3.63, 3.8) is 0 Å². The van der Waals surface area contributed by atoms with E-state index in [0.717, 1.165) is 25.1 Å². The minimum absolute atomic E-state index is 0.0883. The Labute approximate surface area is 126 Å². The molecular weight excluding hydrogens is 262 g/mol. The third kappa shape index (κ3) is 3.69. The Morgan fingerprint density at radius 1 is 1.19 bits per heavy atom. The highest BCUT2D eigenvalue weighted by molar-refractivity contribution is 5.89. The zero-order valence-electron chi connectivity index (χ0n) is 12.8. The van der Waals surface area contributed by atoms with Gasteiger partial charge in [-0.15, -0.1) is 0 Å². The number of nitrogens with zero attached hydrogens (tertiary/aromatic N) is 1. The van der Waals surface area contributed by atoms with Gasteiger partial charge in [0.2, 0.25) is 0 Å². The van der Waals surface area contributed by atoms with Crippen LogP contribution in [0.1, 0.15) is 45.4 Å². The summed E-state index contributed by atoms with van der Waals surface area (Å²) in [6.45, 7) is 3.41. The van der Waals surface area contributed by atoms with Crippen LogP contribution in [0, 0.1) is 0 Å². The number of anilines is 2. The number of benzene rings is 1. The van der Waals surface area contributed by atoms with Crippen molar-refractivity contribution in [3.05, 3.63) is 24.3 Å². The average Bonchev–Trinajstić information content (AvgIpc) is 3.32. The fourth-order valence-corrected chi connectivity index (χ4v) is 3.08. The Hall–Kier alpha value is -1.71. The molecule has 1 saturated carbocycles. The lowest BCUT2D eigenvalue weighted by Gasteiger charge is -2.37. The molecule has 0 radical (unpaired) electrons. The number of hydrogen-bond donors (Lipinski definition) is 2. The standard InChI is InChI=1S/C17H25N3O/c1-2-15-5-3-4-12-20(15)16-10-8-14(9-11-16)19-17(21)18-13-6-7-13/h8-11,13,15H,2-7,12H2,1H3,(H2,18,19,21). The lowest BCUT2D eigenvalue weighted by molar-refractivity contribution is 0.251. The van der Waals surface area contributed by atoms with Crippen molar-refractivity contribution in [1.29, 1.82) is 0 Å². The number of hydrogen-bond acceptors (Lipinski definition) is 2. The second-order valence-corrected chi connectivity index (χ2v) is 6.17. The number of rotatable bonds is 4. The fraction of sp³-hybridized carbons (Fsp3) is 0.588. The topological polar surface area (TPSA) is 44.4 Å². The van der Waals surface area contributed by atoms with Gasteiger partial charge in [0.1, 0.15) is 0 Å². The van der Waals surface area contributed by atoms with Gasteiger partial charge in [-0.25, -0.2) is 4.79 Å². The van der Waals surface area contributed by atoms with Gasteiger partial charge < -0.3 is 15.5 Å². The molecule has 21 heavy (non-hydrogen) atoms. The Balaban J connectivity index is 1.61. The van der Waals surface area contributed by atoms with E-state index >= 15 is 0 Å². The quantitative estimate of drug-likeness (QED) is 0.886. The molecule has 0 spiro atoms. The van der Waals surface area contributed by atoms with E-state index in [4.69, 9.17) is 0 Å². The molecule has 1 atom stereocenters. The van der Waals surface area contributed by atoms with Crippen LogP contribution in [0.4, 0.5) is 16.2 Å². The highest BCUT2D eigenvalue weighted by Gasteiger charge is 2.23. The van der Waals surface area contributed by atoms with E-state index in [-0.39, 0.29) is 6.03 Å². The van der Waals surface area contributed by atoms with Crippen LogP contribution in [-0.4, -0.2) is 24.7 Å².